The van der Waals surface area contributed by atoms with Crippen LogP contribution in [0.3, 0.4) is 0 Å². The third-order valence-electron chi connectivity index (χ3n) is 4.43. The molecule has 27 heavy (non-hydrogen) atoms. The highest BCUT2D eigenvalue weighted by atomic mass is 19.1. The molecule has 4 aromatic rings. The molecule has 0 saturated carbocycles. The highest BCUT2D eigenvalue weighted by molar-refractivity contribution is 6.11. The molecule has 0 radical (unpaired) electrons. The molecule has 134 valence electrons. The van der Waals surface area contributed by atoms with Crippen LogP contribution in [0.2, 0.25) is 0 Å². The van der Waals surface area contributed by atoms with E-state index >= 15 is 0 Å². The van der Waals surface area contributed by atoms with Crippen LogP contribution in [0.5, 0.6) is 0 Å². The van der Waals surface area contributed by atoms with E-state index in [0.717, 1.165) is 21.7 Å². The zero-order valence-corrected chi connectivity index (χ0v) is 14.8. The topological polar surface area (TPSA) is 64.1 Å². The number of halogens is 1. The van der Waals surface area contributed by atoms with E-state index in [1.54, 1.807) is 30.6 Å². The molecule has 0 atom stereocenters. The van der Waals surface area contributed by atoms with Crippen LogP contribution >= 0.6 is 0 Å². The summed E-state index contributed by atoms with van der Waals surface area (Å²) >= 11 is 0. The Balaban J connectivity index is 1.97. The highest BCUT2D eigenvalue weighted by Crippen LogP contribution is 2.32. The van der Waals surface area contributed by atoms with Crippen molar-refractivity contribution in [3.8, 4) is 0 Å². The highest BCUT2D eigenvalue weighted by Gasteiger charge is 2.15. The van der Waals surface area contributed by atoms with Crippen molar-refractivity contribution in [1.29, 1.82) is 0 Å². The second-order valence-corrected chi connectivity index (χ2v) is 6.19. The summed E-state index contributed by atoms with van der Waals surface area (Å²) in [5, 5.41) is 5.79. The number of aromatic nitrogens is 2. The van der Waals surface area contributed by atoms with Gasteiger partial charge >= 0.3 is 5.97 Å². The van der Waals surface area contributed by atoms with E-state index in [0.29, 0.717) is 22.6 Å². The third kappa shape index (κ3) is 3.06. The van der Waals surface area contributed by atoms with Crippen LogP contribution in [0.25, 0.3) is 21.7 Å². The van der Waals surface area contributed by atoms with Crippen molar-refractivity contribution in [2.75, 3.05) is 12.4 Å². The Hall–Kier alpha value is -3.54. The molecule has 0 aliphatic heterocycles. The summed E-state index contributed by atoms with van der Waals surface area (Å²) in [4.78, 5) is 20.9. The fraction of sp³-hybridized carbons (Fsp3) is 0.0952. The smallest absolute Gasteiger partial charge is 0.338 e. The minimum Gasteiger partial charge on any atom is -0.465 e. The number of carbonyl (C=O) groups is 1. The first kappa shape index (κ1) is 16.9. The zero-order chi connectivity index (χ0) is 19.0. The van der Waals surface area contributed by atoms with Crippen LogP contribution in [0.15, 0.2) is 54.9 Å². The van der Waals surface area contributed by atoms with Crippen LogP contribution in [0.1, 0.15) is 15.9 Å². The number of pyridine rings is 2. The van der Waals surface area contributed by atoms with Crippen molar-refractivity contribution < 1.29 is 13.9 Å². The molecule has 0 spiro atoms. The lowest BCUT2D eigenvalue weighted by Gasteiger charge is -2.13. The van der Waals surface area contributed by atoms with E-state index in [-0.39, 0.29) is 5.82 Å². The predicted molar refractivity (Wildman–Crippen MR) is 103 cm³/mol. The van der Waals surface area contributed by atoms with Gasteiger partial charge in [-0.05, 0) is 48.9 Å². The van der Waals surface area contributed by atoms with Crippen LogP contribution in [-0.4, -0.2) is 23.0 Å². The molecule has 2 heterocycles. The van der Waals surface area contributed by atoms with Gasteiger partial charge in [-0.15, -0.1) is 0 Å². The number of carbonyl (C=O) groups excluding carboxylic acids is 1. The van der Waals surface area contributed by atoms with Crippen molar-refractivity contribution in [3.63, 3.8) is 0 Å². The molecule has 0 aliphatic rings. The van der Waals surface area contributed by atoms with Gasteiger partial charge in [-0.1, -0.05) is 6.07 Å². The molecule has 0 bridgehead atoms. The van der Waals surface area contributed by atoms with Gasteiger partial charge in [0.25, 0.3) is 0 Å². The van der Waals surface area contributed by atoms with E-state index in [9.17, 15) is 9.18 Å². The minimum atomic E-state index is -0.415. The van der Waals surface area contributed by atoms with E-state index in [1.165, 1.54) is 19.2 Å². The molecule has 2 aromatic heterocycles. The summed E-state index contributed by atoms with van der Waals surface area (Å²) in [5.74, 6) is -0.192. The number of nitrogens with zero attached hydrogens (tertiary/aromatic N) is 2. The maximum atomic E-state index is 13.5. The number of anilines is 2. The molecule has 0 amide bonds. The molecule has 0 aliphatic carbocycles. The van der Waals surface area contributed by atoms with Gasteiger partial charge in [-0.3, -0.25) is 4.98 Å². The molecule has 5 nitrogen and oxygen atoms in total. The van der Waals surface area contributed by atoms with Crippen molar-refractivity contribution in [1.82, 2.24) is 9.97 Å². The number of methoxy groups -OCH3 is 1. The Kier molecular flexibility index (Phi) is 4.16. The van der Waals surface area contributed by atoms with Crippen LogP contribution in [0, 0.1) is 12.7 Å². The minimum absolute atomic E-state index is 0.338. The zero-order valence-electron chi connectivity index (χ0n) is 14.8. The van der Waals surface area contributed by atoms with Crippen molar-refractivity contribution in [2.45, 2.75) is 6.92 Å². The Labute approximate surface area is 154 Å². The Morgan fingerprint density at radius 1 is 1.11 bits per heavy atom. The number of rotatable bonds is 3. The fourth-order valence-electron chi connectivity index (χ4n) is 3.13. The Morgan fingerprint density at radius 2 is 1.96 bits per heavy atom. The van der Waals surface area contributed by atoms with E-state index in [2.05, 4.69) is 15.3 Å². The molecule has 4 rings (SSSR count). The van der Waals surface area contributed by atoms with Gasteiger partial charge < -0.3 is 10.1 Å². The van der Waals surface area contributed by atoms with Crippen molar-refractivity contribution in [2.24, 2.45) is 0 Å². The van der Waals surface area contributed by atoms with E-state index in [1.807, 2.05) is 19.1 Å². The maximum absolute atomic E-state index is 13.5. The molecule has 0 unspecified atom stereocenters. The lowest BCUT2D eigenvalue weighted by Crippen LogP contribution is -2.05. The van der Waals surface area contributed by atoms with Crippen LogP contribution in [-0.2, 0) is 4.74 Å². The first-order chi connectivity index (χ1) is 13.1. The first-order valence-electron chi connectivity index (χ1n) is 8.36. The SMILES string of the molecule is COC(=O)c1cc2nc(Nc3cccc(F)c3)c3ccncc3c2cc1C. The monoisotopic (exact) mass is 361 g/mol. The maximum Gasteiger partial charge on any atom is 0.338 e. The summed E-state index contributed by atoms with van der Waals surface area (Å²) in [5.41, 5.74) is 2.46. The fourth-order valence-corrected chi connectivity index (χ4v) is 3.13. The Bertz CT molecular complexity index is 1190. The average Bonchev–Trinajstić information content (AvgIpc) is 2.67. The van der Waals surface area contributed by atoms with Crippen molar-refractivity contribution in [3.05, 3.63) is 71.8 Å². The van der Waals surface area contributed by atoms with Gasteiger partial charge in [-0.25, -0.2) is 14.2 Å². The molecule has 6 heteroatoms. The molecule has 1 N–H and O–H groups in total. The number of nitrogens with one attached hydrogen (secondary N) is 1. The Morgan fingerprint density at radius 3 is 2.74 bits per heavy atom. The number of fused-ring (bicyclic) bond motifs is 3. The standard InChI is InChI=1S/C21H16FN3O2/c1-12-8-17-18-11-23-7-6-15(18)20(24-14-5-3-4-13(22)9-14)25-19(17)10-16(12)21(26)27-2/h3-11H,1-2H3,(H,24,25). The van der Waals surface area contributed by atoms with E-state index in [4.69, 9.17) is 4.74 Å². The molecular weight excluding hydrogens is 345 g/mol. The number of hydrogen-bond donors (Lipinski definition) is 1. The summed E-state index contributed by atoms with van der Waals surface area (Å²) in [6, 6.07) is 11.6. The van der Waals surface area contributed by atoms with Gasteiger partial charge in [-0.2, -0.15) is 0 Å². The second-order valence-electron chi connectivity index (χ2n) is 6.19. The number of esters is 1. The summed E-state index contributed by atoms with van der Waals surface area (Å²) in [6.07, 6.45) is 3.44. The molecule has 0 fully saturated rings. The van der Waals surface area contributed by atoms with Gasteiger partial charge in [0, 0.05) is 34.2 Å². The quantitative estimate of drug-likeness (QED) is 0.421. The predicted octanol–water partition coefficient (Wildman–Crippen LogP) is 4.76. The molecular formula is C21H16FN3O2. The molecule has 0 saturated heterocycles. The number of hydrogen-bond acceptors (Lipinski definition) is 5. The van der Waals surface area contributed by atoms with Gasteiger partial charge in [0.15, 0.2) is 0 Å². The summed E-state index contributed by atoms with van der Waals surface area (Å²) < 4.78 is 18.4. The van der Waals surface area contributed by atoms with Crippen LogP contribution in [0.4, 0.5) is 15.9 Å². The average molecular weight is 361 g/mol. The van der Waals surface area contributed by atoms with Crippen molar-refractivity contribution >= 4 is 39.1 Å². The first-order valence-corrected chi connectivity index (χ1v) is 8.36. The van der Waals surface area contributed by atoms with Crippen LogP contribution < -0.4 is 5.32 Å². The van der Waals surface area contributed by atoms with Gasteiger partial charge in [0.1, 0.15) is 11.6 Å². The third-order valence-corrected chi connectivity index (χ3v) is 4.43. The summed E-state index contributed by atoms with van der Waals surface area (Å²) in [7, 11) is 1.35. The summed E-state index contributed by atoms with van der Waals surface area (Å²) in [6.45, 7) is 1.85. The second kappa shape index (κ2) is 6.64. The largest absolute Gasteiger partial charge is 0.465 e. The normalized spacial score (nSPS) is 10.9. The number of ether oxygens (including phenoxy) is 1. The lowest BCUT2D eigenvalue weighted by atomic mass is 10.0. The van der Waals surface area contributed by atoms with Gasteiger partial charge in [0.2, 0.25) is 0 Å². The molecule has 2 aromatic carbocycles. The van der Waals surface area contributed by atoms with E-state index < -0.39 is 5.97 Å². The number of aryl methyl sites for hydroxylation is 1. The number of benzene rings is 2. The lowest BCUT2D eigenvalue weighted by molar-refractivity contribution is 0.0600. The van der Waals surface area contributed by atoms with Gasteiger partial charge in [0.05, 0.1) is 18.2 Å².